The van der Waals surface area contributed by atoms with Crippen molar-refractivity contribution in [3.8, 4) is 0 Å². The van der Waals surface area contributed by atoms with Crippen molar-refractivity contribution in [2.75, 3.05) is 0 Å². The second-order valence-corrected chi connectivity index (χ2v) is 109. The summed E-state index contributed by atoms with van der Waals surface area (Å²) in [5, 5.41) is 0. The fraction of sp³-hybridized carbons (Fsp3) is 0.873. The van der Waals surface area contributed by atoms with Crippen molar-refractivity contribution < 1.29 is 173 Å². The van der Waals surface area contributed by atoms with E-state index in [0.29, 0.717) is 50.2 Å². The van der Waals surface area contributed by atoms with Crippen LogP contribution in [0.4, 0.5) is 0 Å². The second-order valence-electron chi connectivity index (χ2n) is 38.8. The van der Waals surface area contributed by atoms with E-state index < -0.39 is 23.0 Å². The molecule has 15 saturated carbocycles. The molecule has 0 atom stereocenters. The minimum atomic E-state index is -2.34. The molecule has 0 amide bonds. The van der Waals surface area contributed by atoms with Crippen LogP contribution in [0.15, 0.2) is 12.2 Å². The maximum absolute atomic E-state index is 5.88. The summed E-state index contributed by atoms with van der Waals surface area (Å²) in [6, 6.07) is -2.34. The first kappa shape index (κ1) is 188. The molecule has 0 unspecified atom stereocenters. The Labute approximate surface area is 1010 Å². The third kappa shape index (κ3) is 118. The zero-order chi connectivity index (χ0) is 77.4. The van der Waals surface area contributed by atoms with Crippen LogP contribution in [0, 0.1) is 81.7 Å². The first-order valence-corrected chi connectivity index (χ1v) is 91.4. The molecule has 0 spiro atoms. The Balaban J connectivity index is -0.0000000454. The predicted molar refractivity (Wildman–Crippen MR) is 639 cm³/mol. The Bertz CT molecular complexity index is 1650. The van der Waals surface area contributed by atoms with Gasteiger partial charge in [-0.15, -0.1) is 45.6 Å². The maximum atomic E-state index is 5.88. The number of hydrogen-bond donors (Lipinski definition) is 0. The molecule has 0 radical (unpaired) electrons. The molecule has 0 heterocycles. The zero-order valence-corrected chi connectivity index (χ0v) is 120. The van der Waals surface area contributed by atoms with E-state index in [9.17, 15) is 0 Å². The minimum Gasteiger partial charge on any atom is -1.00 e. The van der Waals surface area contributed by atoms with Gasteiger partial charge in [-0.25, -0.2) is 0 Å². The third-order valence-corrected chi connectivity index (χ3v) is 82.8. The summed E-state index contributed by atoms with van der Waals surface area (Å²) in [5.41, 5.74) is 10.9. The van der Waals surface area contributed by atoms with Gasteiger partial charge in [-0.1, -0.05) is 533 Å². The summed E-state index contributed by atoms with van der Waals surface area (Å²) in [4.78, 5) is 0. The molecule has 0 aromatic rings. The van der Waals surface area contributed by atoms with Crippen molar-refractivity contribution in [3.63, 3.8) is 0 Å². The van der Waals surface area contributed by atoms with Crippen LogP contribution in [0.2, 0.25) is 49.9 Å². The third-order valence-electron chi connectivity index (χ3n) is 28.6. The van der Waals surface area contributed by atoms with Crippen molar-refractivity contribution in [1.82, 2.24) is 0 Å². The monoisotopic (exact) mass is 2250 g/mol. The van der Waals surface area contributed by atoms with Crippen LogP contribution in [0.5, 0.6) is 0 Å². The molecule has 0 aromatic heterocycles. The van der Waals surface area contributed by atoms with Crippen LogP contribution in [0.1, 0.15) is 520 Å². The van der Waals surface area contributed by atoms with Gasteiger partial charge in [0.15, 0.2) is 17.4 Å². The first-order chi connectivity index (χ1) is 53.1. The zero-order valence-electron chi connectivity index (χ0n) is 94.6. The normalized spacial score (nSPS) is 21.1. The van der Waals surface area contributed by atoms with Gasteiger partial charge in [0.2, 0.25) is 0 Å². The molecule has 16 aliphatic rings. The van der Waals surface area contributed by atoms with Gasteiger partial charge in [0.25, 0.3) is 0 Å². The van der Waals surface area contributed by atoms with Gasteiger partial charge in [-0.3, -0.25) is 0 Å². The second kappa shape index (κ2) is 143. The molecule has 766 valence electrons. The molecule has 16 rings (SSSR count). The van der Waals surface area contributed by atoms with Gasteiger partial charge >= 0.3 is 179 Å². The summed E-state index contributed by atoms with van der Waals surface area (Å²) >= 11 is 17.1. The Morgan fingerprint density at radius 3 is 0.500 bits per heavy atom. The van der Waals surface area contributed by atoms with E-state index in [1.807, 2.05) is 0 Å². The summed E-state index contributed by atoms with van der Waals surface area (Å²) in [7, 11) is 17.7. The van der Waals surface area contributed by atoms with Gasteiger partial charge in [-0.2, -0.15) is 0 Å². The van der Waals surface area contributed by atoms with E-state index in [4.69, 9.17) is 51.8 Å². The molecule has 0 aromatic carbocycles. The van der Waals surface area contributed by atoms with Gasteiger partial charge in [0.05, 0.1) is 0 Å². The predicted octanol–water partition coefficient (Wildman–Crippen LogP) is 14.3. The summed E-state index contributed by atoms with van der Waals surface area (Å²) in [6.45, 7) is 0. The smallest absolute Gasteiger partial charge is 1.00 e. The van der Waals surface area contributed by atoms with Crippen LogP contribution in [-0.4, -0.2) is 124 Å². The molecule has 0 saturated heterocycles. The van der Waals surface area contributed by atoms with Crippen LogP contribution in [-0.2, 0) is 60.5 Å². The minimum absolute atomic E-state index is 0. The van der Waals surface area contributed by atoms with Crippen molar-refractivity contribution in [2.45, 2.75) is 565 Å². The quantitative estimate of drug-likeness (QED) is 0.0837. The number of allylic oxidation sites excluding steroid dienone is 2. The molecule has 0 bridgehead atoms. The molecular weight excluding hydrogens is 2020 g/mol. The number of hydrogen-bond acceptors (Lipinski definition) is 0. The molecule has 16 aliphatic carbocycles. The van der Waals surface area contributed by atoms with Gasteiger partial charge in [0.1, 0.15) is 0 Å². The van der Waals surface area contributed by atoms with Gasteiger partial charge in [0, 0.05) is 73.7 Å². The SMILES string of the molecule is C.C1=CCCCC1.C1CCC([SiH2][SiH]([SiH2]C2CCCCC2)C2CCCCC2)CC1.C1CCC([SiH2][SiH]([SiH2]C2CCCCC2)C2CCCCC2)CC1.C1CCCC1.C1CCCC1.C1CCCC1.C1CCCC1.C1CCCC1.C1CCCC1.Cl.Cl[Si](Cl)(Cl)C1CCCCC1.[2HH].[AlH3].[CH3-].[CH3-].[CH3-].[CH3-].[CH3-].[CH3-].[CH3-].[CH3-].[CH3-].[CH3-].[CH3-].[Cl-].[Cl][Ti][Cl].[H-].[H-].[H-].[Li+].[Li+].[Li+].[Li+].[Li+].[SiH3]C1CCCCC1.[SiH3]C1CCCCC1.[SiH3][SiH2][SiH3].[Ti+4].[Ti+4]. The van der Waals surface area contributed by atoms with E-state index in [0.717, 1.165) is 12.8 Å². The summed E-state index contributed by atoms with van der Waals surface area (Å²) < 4.78 is 0. The van der Waals surface area contributed by atoms with Crippen LogP contribution < -0.4 is 107 Å². The standard InChI is InChI=1S/2C18H38Si3.C6H11Cl3Si.2C6H14Si.C6H10.6C5H10.CH4.11CH3.Al.4ClH.5Li.H8Si3.3Ti.H2.6H/c2*1-4-10-16(11-5-1)19-21(18-14-8-3-9-15-18)20-17-12-6-2-7-13-17;7-10(8,9)6-4-2-1-3-5-6;2*7-6-4-2-1-3-5-6;1-2-4-6-5-3-1;6*1-2-4-5-3-1;;;;;;;;;;;;;;;;;;;;;;;1-3-2;;;;;;;;;;/h2*16-18,21H,1-15,19-20H2;6H,1-5H2;2*6H,1-5H2,7H3;1-2H,3-6H2;6*1-5H2;1H4;11*1H3;;4*1H;;;;;;3H2,1-2H3;;;;1H;;;;;;/q;;;;;;;;;;;;;11*-1;;;;;;5*+1;;+2;2*+4;;;;;3*-1/p-3/i;;;;;;;;;;;;;;;;;;;;;;;;;;;;;;;;;;;;;;1+1;;;;;;. The van der Waals surface area contributed by atoms with E-state index in [2.05, 4.69) is 12.2 Å². The molecule has 15 fully saturated rings. The average molecular weight is 2260 g/mol. The van der Waals surface area contributed by atoms with E-state index in [1.54, 1.807) is 238 Å². The van der Waals surface area contributed by atoms with E-state index in [1.165, 1.54) is 341 Å². The Morgan fingerprint density at radius 2 is 0.392 bits per heavy atom. The Hall–Kier alpha value is 10.0. The molecule has 0 aliphatic heterocycles. The molecule has 0 N–H and O–H groups in total. The van der Waals surface area contributed by atoms with Crippen molar-refractivity contribution >= 4 is 188 Å². The Morgan fingerprint density at radius 1 is 0.269 bits per heavy atom. The largest absolute Gasteiger partial charge is 4.00 e. The topological polar surface area (TPSA) is 0 Å². The van der Waals surface area contributed by atoms with E-state index >= 15 is 0 Å². The van der Waals surface area contributed by atoms with Crippen molar-refractivity contribution in [3.05, 3.63) is 93.8 Å². The summed E-state index contributed by atoms with van der Waals surface area (Å²) in [6.07, 6.45) is 125. The Kier molecular flexibility index (Phi) is 207. The van der Waals surface area contributed by atoms with Crippen LogP contribution in [0.3, 0.4) is 0 Å². The number of rotatable bonds is 11. The van der Waals surface area contributed by atoms with Crippen LogP contribution >= 0.6 is 64.3 Å². The molecule has 0 nitrogen and oxygen atoms in total. The van der Waals surface area contributed by atoms with Crippen molar-refractivity contribution in [2.24, 2.45) is 0 Å². The fourth-order valence-electron chi connectivity index (χ4n) is 21.7. The van der Waals surface area contributed by atoms with E-state index in [-0.39, 0.29) is 290 Å². The molecule has 28 heteroatoms. The summed E-state index contributed by atoms with van der Waals surface area (Å²) in [5.74, 6) is 0. The van der Waals surface area contributed by atoms with Gasteiger partial charge < -0.3 is 98.4 Å². The molecular formula is C102H239AlCl7Li5Si12Ti3-2. The fourth-order valence-corrected chi connectivity index (χ4v) is 86.5. The molecule has 130 heavy (non-hydrogen) atoms. The van der Waals surface area contributed by atoms with Crippen molar-refractivity contribution in [1.29, 1.82) is 0 Å². The first-order valence-electron chi connectivity index (χ1n) is 50.7. The van der Waals surface area contributed by atoms with Crippen LogP contribution in [0.25, 0.3) is 0 Å². The maximum Gasteiger partial charge on any atom is 4.00 e. The average Bonchev–Trinajstić information content (AvgIpc) is 0.964. The number of halogens is 7. The van der Waals surface area contributed by atoms with Gasteiger partial charge in [-0.05, 0) is 72.1 Å².